The summed E-state index contributed by atoms with van der Waals surface area (Å²) in [7, 11) is 0. The molecule has 0 atom stereocenters. The van der Waals surface area contributed by atoms with Gasteiger partial charge in [0.1, 0.15) is 5.65 Å². The number of aromatic amines is 1. The number of hydrogen-bond donors (Lipinski definition) is 2. The highest BCUT2D eigenvalue weighted by Crippen LogP contribution is 2.37. The minimum absolute atomic E-state index is 0.0847. The normalized spacial score (nSPS) is 11.0. The molecule has 4 nitrogen and oxygen atoms in total. The predicted molar refractivity (Wildman–Crippen MR) is 108 cm³/mol. The third-order valence-electron chi connectivity index (χ3n) is 4.80. The number of carbonyl (C=O) groups is 1. The third kappa shape index (κ3) is 3.34. The Hall–Kier alpha value is -3.40. The largest absolute Gasteiger partial charge is 0.481 e. The zero-order chi connectivity index (χ0) is 18.8. The standard InChI is InChI=1S/C23H20N2O2/c1-15-9-10-18(20(14-15)16-6-3-2-4-7-16)22-17(11-12-21(26)27)19-8-5-13-24-23(19)25-22/h2-10,13-14H,11-12H2,1H3,(H,24,25)(H,26,27). The lowest BCUT2D eigenvalue weighted by Crippen LogP contribution is -1.99. The number of hydrogen-bond acceptors (Lipinski definition) is 2. The van der Waals surface area contributed by atoms with Crippen molar-refractivity contribution in [2.24, 2.45) is 0 Å². The van der Waals surface area contributed by atoms with Gasteiger partial charge in [-0.1, -0.05) is 54.1 Å². The van der Waals surface area contributed by atoms with Gasteiger partial charge < -0.3 is 10.1 Å². The molecule has 0 radical (unpaired) electrons. The molecule has 2 heterocycles. The van der Waals surface area contributed by atoms with Gasteiger partial charge >= 0.3 is 5.97 Å². The Morgan fingerprint density at radius 1 is 1.04 bits per heavy atom. The highest BCUT2D eigenvalue weighted by Gasteiger charge is 2.18. The smallest absolute Gasteiger partial charge is 0.303 e. The molecule has 0 saturated heterocycles. The van der Waals surface area contributed by atoms with Crippen molar-refractivity contribution in [3.8, 4) is 22.4 Å². The first-order valence-electron chi connectivity index (χ1n) is 8.97. The van der Waals surface area contributed by atoms with Gasteiger partial charge in [-0.2, -0.15) is 0 Å². The van der Waals surface area contributed by atoms with Crippen molar-refractivity contribution in [2.75, 3.05) is 0 Å². The maximum Gasteiger partial charge on any atom is 0.303 e. The number of nitrogens with one attached hydrogen (secondary N) is 1. The van der Waals surface area contributed by atoms with Gasteiger partial charge in [0, 0.05) is 23.6 Å². The molecule has 27 heavy (non-hydrogen) atoms. The summed E-state index contributed by atoms with van der Waals surface area (Å²) in [6, 6.07) is 20.5. The van der Waals surface area contributed by atoms with Crippen LogP contribution in [0.4, 0.5) is 0 Å². The van der Waals surface area contributed by atoms with E-state index >= 15 is 0 Å². The Bertz CT molecular complexity index is 1110. The molecule has 2 aromatic heterocycles. The Kier molecular flexibility index (Phi) is 4.47. The second-order valence-corrected chi connectivity index (χ2v) is 6.69. The summed E-state index contributed by atoms with van der Waals surface area (Å²) in [5, 5.41) is 10.2. The van der Waals surface area contributed by atoms with Crippen molar-refractivity contribution >= 4 is 17.0 Å². The topological polar surface area (TPSA) is 66.0 Å². The average molecular weight is 356 g/mol. The Morgan fingerprint density at radius 2 is 1.85 bits per heavy atom. The molecule has 4 aromatic rings. The van der Waals surface area contributed by atoms with Crippen LogP contribution in [-0.4, -0.2) is 21.0 Å². The van der Waals surface area contributed by atoms with Gasteiger partial charge in [0.2, 0.25) is 0 Å². The first-order valence-corrected chi connectivity index (χ1v) is 8.97. The number of carboxylic acids is 1. The van der Waals surface area contributed by atoms with Crippen LogP contribution in [0.2, 0.25) is 0 Å². The van der Waals surface area contributed by atoms with Crippen molar-refractivity contribution in [1.29, 1.82) is 0 Å². The second-order valence-electron chi connectivity index (χ2n) is 6.69. The first-order chi connectivity index (χ1) is 13.1. The Labute approximate surface area is 157 Å². The van der Waals surface area contributed by atoms with Crippen LogP contribution in [0, 0.1) is 6.92 Å². The summed E-state index contributed by atoms with van der Waals surface area (Å²) < 4.78 is 0. The molecule has 4 heteroatoms. The van der Waals surface area contributed by atoms with Crippen LogP contribution in [0.25, 0.3) is 33.4 Å². The Balaban J connectivity index is 1.95. The highest BCUT2D eigenvalue weighted by atomic mass is 16.4. The molecule has 4 rings (SSSR count). The number of H-pyrrole nitrogens is 1. The first kappa shape index (κ1) is 17.0. The number of aromatic nitrogens is 2. The lowest BCUT2D eigenvalue weighted by atomic mass is 9.93. The third-order valence-corrected chi connectivity index (χ3v) is 4.80. The van der Waals surface area contributed by atoms with E-state index in [0.717, 1.165) is 39.0 Å². The fourth-order valence-electron chi connectivity index (χ4n) is 3.53. The van der Waals surface area contributed by atoms with Gasteiger partial charge in [-0.05, 0) is 42.2 Å². The monoisotopic (exact) mass is 356 g/mol. The molecule has 0 aliphatic rings. The summed E-state index contributed by atoms with van der Waals surface area (Å²) in [4.78, 5) is 19.0. The molecule has 0 unspecified atom stereocenters. The van der Waals surface area contributed by atoms with E-state index in [-0.39, 0.29) is 6.42 Å². The maximum absolute atomic E-state index is 11.2. The second kappa shape index (κ2) is 7.08. The minimum atomic E-state index is -0.800. The molecule has 2 aromatic carbocycles. The number of aryl methyl sites for hydroxylation is 2. The molecule has 2 N–H and O–H groups in total. The van der Waals surface area contributed by atoms with Crippen LogP contribution < -0.4 is 0 Å². The molecular formula is C23H20N2O2. The minimum Gasteiger partial charge on any atom is -0.481 e. The van der Waals surface area contributed by atoms with E-state index in [1.165, 1.54) is 5.56 Å². The van der Waals surface area contributed by atoms with E-state index in [1.54, 1.807) is 6.20 Å². The lowest BCUT2D eigenvalue weighted by Gasteiger charge is -2.12. The number of aliphatic carboxylic acids is 1. The predicted octanol–water partition coefficient (Wildman–Crippen LogP) is 5.22. The van der Waals surface area contributed by atoms with Gasteiger partial charge in [0.05, 0.1) is 5.69 Å². The molecule has 0 aliphatic carbocycles. The Morgan fingerprint density at radius 3 is 2.63 bits per heavy atom. The lowest BCUT2D eigenvalue weighted by molar-refractivity contribution is -0.136. The molecule has 0 bridgehead atoms. The zero-order valence-electron chi connectivity index (χ0n) is 15.1. The average Bonchev–Trinajstić information content (AvgIpc) is 3.05. The molecule has 0 saturated carbocycles. The van der Waals surface area contributed by atoms with Gasteiger partial charge in [0.15, 0.2) is 0 Å². The van der Waals surface area contributed by atoms with Crippen molar-refractivity contribution in [3.05, 3.63) is 78.0 Å². The van der Waals surface area contributed by atoms with Crippen LogP contribution in [0.15, 0.2) is 66.9 Å². The van der Waals surface area contributed by atoms with Crippen LogP contribution in [0.5, 0.6) is 0 Å². The van der Waals surface area contributed by atoms with Crippen molar-refractivity contribution in [2.45, 2.75) is 19.8 Å². The molecule has 0 fully saturated rings. The maximum atomic E-state index is 11.2. The van der Waals surface area contributed by atoms with Crippen LogP contribution >= 0.6 is 0 Å². The van der Waals surface area contributed by atoms with E-state index in [4.69, 9.17) is 0 Å². The van der Waals surface area contributed by atoms with Crippen LogP contribution in [0.3, 0.4) is 0 Å². The highest BCUT2D eigenvalue weighted by molar-refractivity contribution is 5.93. The molecule has 0 aliphatic heterocycles. The number of rotatable bonds is 5. The molecule has 0 amide bonds. The van der Waals surface area contributed by atoms with Crippen molar-refractivity contribution in [1.82, 2.24) is 9.97 Å². The summed E-state index contributed by atoms with van der Waals surface area (Å²) >= 11 is 0. The molecule has 0 spiro atoms. The number of benzene rings is 2. The number of pyridine rings is 1. The van der Waals surface area contributed by atoms with E-state index < -0.39 is 5.97 Å². The van der Waals surface area contributed by atoms with Gasteiger partial charge in [-0.15, -0.1) is 0 Å². The number of carboxylic acid groups (broad SMARTS) is 1. The zero-order valence-corrected chi connectivity index (χ0v) is 15.1. The van der Waals surface area contributed by atoms with E-state index in [9.17, 15) is 9.90 Å². The van der Waals surface area contributed by atoms with Gasteiger partial charge in [0.25, 0.3) is 0 Å². The van der Waals surface area contributed by atoms with E-state index in [1.807, 2.05) is 30.3 Å². The van der Waals surface area contributed by atoms with Gasteiger partial charge in [-0.25, -0.2) is 4.98 Å². The van der Waals surface area contributed by atoms with Crippen molar-refractivity contribution in [3.63, 3.8) is 0 Å². The van der Waals surface area contributed by atoms with Crippen molar-refractivity contribution < 1.29 is 9.90 Å². The summed E-state index contributed by atoms with van der Waals surface area (Å²) in [5.41, 5.74) is 7.23. The molecular weight excluding hydrogens is 336 g/mol. The SMILES string of the molecule is Cc1ccc(-c2[nH]c3ncccc3c2CCC(=O)O)c(-c2ccccc2)c1. The fourth-order valence-corrected chi connectivity index (χ4v) is 3.53. The van der Waals surface area contributed by atoms with Gasteiger partial charge in [-0.3, -0.25) is 4.79 Å². The quantitative estimate of drug-likeness (QED) is 0.515. The van der Waals surface area contributed by atoms with E-state index in [0.29, 0.717) is 6.42 Å². The summed E-state index contributed by atoms with van der Waals surface area (Å²) in [5.74, 6) is -0.800. The van der Waals surface area contributed by atoms with Crippen LogP contribution in [0.1, 0.15) is 17.5 Å². The number of fused-ring (bicyclic) bond motifs is 1. The fraction of sp³-hybridized carbons (Fsp3) is 0.130. The summed E-state index contributed by atoms with van der Waals surface area (Å²) in [6.45, 7) is 2.08. The van der Waals surface area contributed by atoms with Crippen LogP contribution in [-0.2, 0) is 11.2 Å². The number of nitrogens with zero attached hydrogens (tertiary/aromatic N) is 1. The van der Waals surface area contributed by atoms with E-state index in [2.05, 4.69) is 47.2 Å². The summed E-state index contributed by atoms with van der Waals surface area (Å²) in [6.07, 6.45) is 2.29. The molecule has 134 valence electrons.